The van der Waals surface area contributed by atoms with Crippen LogP contribution in [0.1, 0.15) is 63.8 Å². The Morgan fingerprint density at radius 2 is 1.09 bits per heavy atom. The van der Waals surface area contributed by atoms with Gasteiger partial charge in [0.15, 0.2) is 0 Å². The highest BCUT2D eigenvalue weighted by atomic mass is 16.3. The molecule has 6 rings (SSSR count). The summed E-state index contributed by atoms with van der Waals surface area (Å²) in [6, 6.07) is 24.2. The quantitative estimate of drug-likeness (QED) is 0.474. The Morgan fingerprint density at radius 3 is 1.57 bits per heavy atom. The van der Waals surface area contributed by atoms with Crippen molar-refractivity contribution in [2.24, 2.45) is 0 Å². The number of aliphatic hydroxyl groups excluding tert-OH is 1. The molecule has 1 N–H and O–H groups in total. The maximum atomic E-state index is 9.99. The second-order valence-electron chi connectivity index (χ2n) is 6.69. The molecular weight excluding hydrogens is 280 g/mol. The summed E-state index contributed by atoms with van der Waals surface area (Å²) in [5.41, 5.74) is 9.49. The summed E-state index contributed by atoms with van der Waals surface area (Å²) in [6.45, 7) is 1.84. The summed E-state index contributed by atoms with van der Waals surface area (Å²) in [5.74, 6) is 0.617. The van der Waals surface area contributed by atoms with E-state index in [1.165, 1.54) is 33.4 Å². The van der Waals surface area contributed by atoms with Crippen LogP contribution in [-0.4, -0.2) is 5.11 Å². The van der Waals surface area contributed by atoms with Crippen molar-refractivity contribution in [2.75, 3.05) is 0 Å². The molecule has 0 aliphatic heterocycles. The van der Waals surface area contributed by atoms with Gasteiger partial charge in [-0.3, -0.25) is 0 Å². The van der Waals surface area contributed by atoms with Crippen molar-refractivity contribution >= 4 is 0 Å². The molecule has 23 heavy (non-hydrogen) atoms. The van der Waals surface area contributed by atoms with Crippen LogP contribution in [0.4, 0.5) is 0 Å². The third-order valence-electron chi connectivity index (χ3n) is 5.45. The first-order valence-electron chi connectivity index (χ1n) is 8.25. The number of rotatable bonds is 1. The molecule has 0 fully saturated rings. The lowest BCUT2D eigenvalue weighted by Crippen LogP contribution is -2.27. The number of aliphatic hydroxyl groups is 1. The van der Waals surface area contributed by atoms with E-state index in [4.69, 9.17) is 0 Å². The maximum absolute atomic E-state index is 9.99. The lowest BCUT2D eigenvalue weighted by atomic mass is 9.61. The summed E-state index contributed by atoms with van der Waals surface area (Å²) in [4.78, 5) is 0. The van der Waals surface area contributed by atoms with E-state index in [9.17, 15) is 5.11 Å². The van der Waals surface area contributed by atoms with Crippen LogP contribution in [0.5, 0.6) is 0 Å². The first-order chi connectivity index (χ1) is 11.3. The Morgan fingerprint density at radius 1 is 0.652 bits per heavy atom. The molecule has 0 heterocycles. The summed E-state index contributed by atoms with van der Waals surface area (Å²) in [7, 11) is 0. The van der Waals surface area contributed by atoms with Gasteiger partial charge in [0.2, 0.25) is 0 Å². The lowest BCUT2D eigenvalue weighted by molar-refractivity contribution is 0.199. The van der Waals surface area contributed by atoms with Crippen molar-refractivity contribution < 1.29 is 5.11 Å². The molecule has 0 radical (unpaired) electrons. The smallest absolute Gasteiger partial charge is 0.0762 e. The molecule has 0 saturated heterocycles. The van der Waals surface area contributed by atoms with Gasteiger partial charge in [-0.15, -0.1) is 0 Å². The van der Waals surface area contributed by atoms with E-state index < -0.39 is 6.10 Å². The molecule has 3 aliphatic rings. The Hall–Kier alpha value is -2.38. The zero-order valence-corrected chi connectivity index (χ0v) is 13.0. The third-order valence-corrected chi connectivity index (χ3v) is 5.45. The van der Waals surface area contributed by atoms with Gasteiger partial charge in [-0.05, 0) is 45.9 Å². The van der Waals surface area contributed by atoms with Crippen LogP contribution in [0.3, 0.4) is 0 Å². The van der Waals surface area contributed by atoms with E-state index in [-0.39, 0.29) is 0 Å². The molecule has 0 saturated carbocycles. The molecule has 1 heteroatoms. The van der Waals surface area contributed by atoms with Crippen molar-refractivity contribution in [2.45, 2.75) is 24.9 Å². The van der Waals surface area contributed by atoms with Crippen molar-refractivity contribution in [1.29, 1.82) is 0 Å². The Kier molecular flexibility index (Phi) is 2.60. The fourth-order valence-corrected chi connectivity index (χ4v) is 4.44. The zero-order chi connectivity index (χ0) is 15.6. The van der Waals surface area contributed by atoms with Crippen LogP contribution in [0, 0.1) is 0 Å². The molecule has 0 amide bonds. The zero-order valence-electron chi connectivity index (χ0n) is 13.0. The minimum absolute atomic E-state index is 0.293. The topological polar surface area (TPSA) is 20.2 Å². The van der Waals surface area contributed by atoms with Gasteiger partial charge in [-0.1, -0.05) is 66.7 Å². The predicted octanol–water partition coefficient (Wildman–Crippen LogP) is 4.73. The highest BCUT2D eigenvalue weighted by Crippen LogP contribution is 2.55. The second-order valence-corrected chi connectivity index (χ2v) is 6.69. The summed E-state index contributed by atoms with van der Waals surface area (Å²) >= 11 is 0. The van der Waals surface area contributed by atoms with Crippen molar-refractivity contribution in [3.8, 4) is 0 Å². The monoisotopic (exact) mass is 298 g/mol. The maximum Gasteiger partial charge on any atom is 0.0762 e. The molecule has 3 aromatic rings. The fourth-order valence-electron chi connectivity index (χ4n) is 4.44. The van der Waals surface area contributed by atoms with E-state index in [0.29, 0.717) is 11.8 Å². The third kappa shape index (κ3) is 1.66. The molecule has 1 nitrogen and oxygen atoms in total. The van der Waals surface area contributed by atoms with E-state index in [0.717, 1.165) is 5.56 Å². The van der Waals surface area contributed by atoms with E-state index in [1.807, 2.05) is 6.92 Å². The van der Waals surface area contributed by atoms with Crippen LogP contribution >= 0.6 is 0 Å². The van der Waals surface area contributed by atoms with Crippen LogP contribution in [0.15, 0.2) is 66.7 Å². The SMILES string of the molecule is CC(O)c1ccc2c(c1)C1c3ccccc3C2c2ccccc21. The number of hydrogen-bond donors (Lipinski definition) is 1. The minimum Gasteiger partial charge on any atom is -0.389 e. The number of benzene rings is 3. The van der Waals surface area contributed by atoms with Crippen LogP contribution in [-0.2, 0) is 0 Å². The first kappa shape index (κ1) is 13.1. The molecule has 112 valence electrons. The summed E-state index contributed by atoms with van der Waals surface area (Å²) in [5, 5.41) is 9.99. The second kappa shape index (κ2) is 4.56. The first-order valence-corrected chi connectivity index (χ1v) is 8.25. The largest absolute Gasteiger partial charge is 0.389 e. The Balaban J connectivity index is 1.84. The molecule has 0 spiro atoms. The fraction of sp³-hybridized carbons (Fsp3) is 0.182. The van der Waals surface area contributed by atoms with Crippen LogP contribution < -0.4 is 0 Å². The highest BCUT2D eigenvalue weighted by molar-refractivity contribution is 5.68. The van der Waals surface area contributed by atoms with Crippen molar-refractivity contribution in [3.05, 3.63) is 106 Å². The van der Waals surface area contributed by atoms with Gasteiger partial charge in [0.1, 0.15) is 0 Å². The van der Waals surface area contributed by atoms with Gasteiger partial charge in [-0.2, -0.15) is 0 Å². The molecule has 1 unspecified atom stereocenters. The molecular formula is C22H18O. The summed E-state index contributed by atoms with van der Waals surface area (Å²) in [6.07, 6.45) is -0.425. The standard InChI is InChI=1S/C22H18O/c1-13(23)14-10-11-19-20(12-14)22-17-8-4-2-6-15(17)21(19)16-7-3-5-9-18(16)22/h2-13,21-23H,1H3. The van der Waals surface area contributed by atoms with Gasteiger partial charge in [0, 0.05) is 11.8 Å². The molecule has 0 aromatic heterocycles. The molecule has 2 bridgehead atoms. The normalized spacial score (nSPS) is 21.3. The minimum atomic E-state index is -0.425. The van der Waals surface area contributed by atoms with Gasteiger partial charge in [0.05, 0.1) is 6.10 Å². The predicted molar refractivity (Wildman–Crippen MR) is 91.8 cm³/mol. The van der Waals surface area contributed by atoms with Gasteiger partial charge < -0.3 is 5.11 Å². The van der Waals surface area contributed by atoms with E-state index in [1.54, 1.807) is 0 Å². The van der Waals surface area contributed by atoms with Crippen LogP contribution in [0.25, 0.3) is 0 Å². The van der Waals surface area contributed by atoms with Gasteiger partial charge in [0.25, 0.3) is 0 Å². The summed E-state index contributed by atoms with van der Waals surface area (Å²) < 4.78 is 0. The van der Waals surface area contributed by atoms with Gasteiger partial charge in [-0.25, -0.2) is 0 Å². The average Bonchev–Trinajstić information content (AvgIpc) is 2.60. The number of hydrogen-bond acceptors (Lipinski definition) is 1. The lowest BCUT2D eigenvalue weighted by Gasteiger charge is -2.42. The van der Waals surface area contributed by atoms with Gasteiger partial charge >= 0.3 is 0 Å². The van der Waals surface area contributed by atoms with Crippen LogP contribution in [0.2, 0.25) is 0 Å². The molecule has 3 aromatic carbocycles. The van der Waals surface area contributed by atoms with Crippen molar-refractivity contribution in [3.63, 3.8) is 0 Å². The van der Waals surface area contributed by atoms with Crippen molar-refractivity contribution in [1.82, 2.24) is 0 Å². The average molecular weight is 298 g/mol. The molecule has 3 aliphatic carbocycles. The molecule has 1 atom stereocenters. The highest BCUT2D eigenvalue weighted by Gasteiger charge is 2.40. The Labute approximate surface area is 136 Å². The van der Waals surface area contributed by atoms with E-state index >= 15 is 0 Å². The van der Waals surface area contributed by atoms with E-state index in [2.05, 4.69) is 66.7 Å². The Bertz CT molecular complexity index is 875.